The van der Waals surface area contributed by atoms with Gasteiger partial charge < -0.3 is 0 Å². The third-order valence-electron chi connectivity index (χ3n) is 2.41. The summed E-state index contributed by atoms with van der Waals surface area (Å²) in [7, 11) is 0. The number of rotatable bonds is 2. The van der Waals surface area contributed by atoms with E-state index in [1.54, 1.807) is 0 Å². The highest BCUT2D eigenvalue weighted by Gasteiger charge is 2.10. The van der Waals surface area contributed by atoms with E-state index in [0.717, 1.165) is 0 Å². The van der Waals surface area contributed by atoms with Crippen LogP contribution in [0.2, 0.25) is 0 Å². The summed E-state index contributed by atoms with van der Waals surface area (Å²) in [6.45, 7) is 0.521. The van der Waals surface area contributed by atoms with E-state index < -0.39 is 0 Å². The predicted octanol–water partition coefficient (Wildman–Crippen LogP) is 1.57. The van der Waals surface area contributed by atoms with Gasteiger partial charge in [-0.15, -0.1) is 0 Å². The van der Waals surface area contributed by atoms with E-state index in [1.807, 2.05) is 0 Å². The third-order valence-corrected chi connectivity index (χ3v) is 2.41. The number of hydrogen-bond donors (Lipinski definition) is 1. The molecule has 0 aliphatic heterocycles. The minimum atomic E-state index is 0.521. The summed E-state index contributed by atoms with van der Waals surface area (Å²) >= 11 is 0. The molecule has 1 aromatic rings. The lowest BCUT2D eigenvalue weighted by molar-refractivity contribution is 0.124. The van der Waals surface area contributed by atoms with Crippen LogP contribution in [0.15, 0.2) is 18.2 Å². The van der Waals surface area contributed by atoms with Crippen LogP contribution in [-0.4, -0.2) is 0 Å². The minimum Gasteiger partial charge on any atom is -0.300 e. The lowest BCUT2D eigenvalue weighted by Gasteiger charge is -2.02. The van der Waals surface area contributed by atoms with Crippen LogP contribution in [0.3, 0.4) is 0 Å². The molecule has 0 radical (unpaired) electrons. The molecule has 2 rings (SSSR count). The molecule has 1 aliphatic carbocycles. The van der Waals surface area contributed by atoms with Crippen LogP contribution in [0, 0.1) is 0 Å². The van der Waals surface area contributed by atoms with Gasteiger partial charge in [-0.3, -0.25) is 4.84 Å². The number of benzene rings is 1. The van der Waals surface area contributed by atoms with E-state index in [-0.39, 0.29) is 0 Å². The molecule has 0 amide bonds. The van der Waals surface area contributed by atoms with Crippen molar-refractivity contribution >= 4 is 0 Å². The molecule has 1 aliphatic rings. The van der Waals surface area contributed by atoms with Gasteiger partial charge in [0.25, 0.3) is 0 Å². The van der Waals surface area contributed by atoms with Crippen molar-refractivity contribution < 1.29 is 4.84 Å². The van der Waals surface area contributed by atoms with Crippen molar-refractivity contribution in [3.05, 3.63) is 34.9 Å². The van der Waals surface area contributed by atoms with Crippen molar-refractivity contribution in [2.24, 2.45) is 5.90 Å². The standard InChI is InChI=1S/C10H13NO/c11-12-7-8-4-5-9-2-1-3-10(9)6-8/h4-6H,1-3,7,11H2. The first-order valence-electron chi connectivity index (χ1n) is 4.32. The normalized spacial score (nSPS) is 14.8. The highest BCUT2D eigenvalue weighted by atomic mass is 16.6. The molecular formula is C10H13NO. The maximum atomic E-state index is 5.01. The Bertz CT molecular complexity index is 283. The van der Waals surface area contributed by atoms with Crippen LogP contribution in [0.4, 0.5) is 0 Å². The van der Waals surface area contributed by atoms with Gasteiger partial charge in [0.2, 0.25) is 0 Å². The van der Waals surface area contributed by atoms with E-state index in [4.69, 9.17) is 5.90 Å². The molecule has 0 saturated carbocycles. The van der Waals surface area contributed by atoms with Gasteiger partial charge in [-0.2, -0.15) is 0 Å². The Morgan fingerprint density at radius 1 is 1.25 bits per heavy atom. The van der Waals surface area contributed by atoms with E-state index in [2.05, 4.69) is 23.0 Å². The summed E-state index contributed by atoms with van der Waals surface area (Å²) in [6, 6.07) is 6.49. The molecule has 2 nitrogen and oxygen atoms in total. The number of aryl methyl sites for hydroxylation is 2. The fourth-order valence-corrected chi connectivity index (χ4v) is 1.81. The third kappa shape index (κ3) is 1.36. The predicted molar refractivity (Wildman–Crippen MR) is 47.4 cm³/mol. The van der Waals surface area contributed by atoms with Crippen molar-refractivity contribution in [3.63, 3.8) is 0 Å². The molecule has 64 valence electrons. The Kier molecular flexibility index (Phi) is 2.11. The van der Waals surface area contributed by atoms with Gasteiger partial charge in [0.1, 0.15) is 0 Å². The summed E-state index contributed by atoms with van der Waals surface area (Å²) in [5.41, 5.74) is 4.15. The summed E-state index contributed by atoms with van der Waals surface area (Å²) in [6.07, 6.45) is 3.75. The molecule has 0 heterocycles. The monoisotopic (exact) mass is 163 g/mol. The smallest absolute Gasteiger partial charge is 0.0930 e. The first-order chi connectivity index (χ1) is 5.90. The maximum absolute atomic E-state index is 5.01. The second-order valence-electron chi connectivity index (χ2n) is 3.27. The second kappa shape index (κ2) is 3.25. The maximum Gasteiger partial charge on any atom is 0.0930 e. The fraction of sp³-hybridized carbons (Fsp3) is 0.400. The molecule has 0 bridgehead atoms. The average molecular weight is 163 g/mol. The molecule has 12 heavy (non-hydrogen) atoms. The highest BCUT2D eigenvalue weighted by Crippen LogP contribution is 2.22. The Morgan fingerprint density at radius 2 is 2.08 bits per heavy atom. The Labute approximate surface area is 72.3 Å². The Balaban J connectivity index is 2.26. The average Bonchev–Trinajstić information content (AvgIpc) is 2.51. The van der Waals surface area contributed by atoms with E-state index in [1.165, 1.54) is 36.0 Å². The van der Waals surface area contributed by atoms with Crippen molar-refractivity contribution in [2.75, 3.05) is 0 Å². The summed E-state index contributed by atoms with van der Waals surface area (Å²) in [5, 5.41) is 0. The first-order valence-corrected chi connectivity index (χ1v) is 4.32. The van der Waals surface area contributed by atoms with Crippen LogP contribution >= 0.6 is 0 Å². The van der Waals surface area contributed by atoms with Crippen molar-refractivity contribution in [3.8, 4) is 0 Å². The molecule has 0 unspecified atom stereocenters. The van der Waals surface area contributed by atoms with Gasteiger partial charge in [-0.05, 0) is 36.0 Å². The highest BCUT2D eigenvalue weighted by molar-refractivity contribution is 5.34. The SMILES string of the molecule is NOCc1ccc2c(c1)CCC2. The molecule has 0 spiro atoms. The van der Waals surface area contributed by atoms with E-state index in [9.17, 15) is 0 Å². The number of fused-ring (bicyclic) bond motifs is 1. The lowest BCUT2D eigenvalue weighted by Crippen LogP contribution is -1.99. The fourth-order valence-electron chi connectivity index (χ4n) is 1.81. The van der Waals surface area contributed by atoms with Gasteiger partial charge in [-0.1, -0.05) is 18.2 Å². The Morgan fingerprint density at radius 3 is 2.92 bits per heavy atom. The minimum absolute atomic E-state index is 0.521. The van der Waals surface area contributed by atoms with Gasteiger partial charge in [0.05, 0.1) is 6.61 Å². The van der Waals surface area contributed by atoms with E-state index in [0.29, 0.717) is 6.61 Å². The van der Waals surface area contributed by atoms with Gasteiger partial charge >= 0.3 is 0 Å². The van der Waals surface area contributed by atoms with Crippen LogP contribution in [0.1, 0.15) is 23.1 Å². The van der Waals surface area contributed by atoms with Crippen molar-refractivity contribution in [2.45, 2.75) is 25.9 Å². The largest absolute Gasteiger partial charge is 0.300 e. The zero-order valence-electron chi connectivity index (χ0n) is 7.05. The van der Waals surface area contributed by atoms with Crippen molar-refractivity contribution in [1.29, 1.82) is 0 Å². The van der Waals surface area contributed by atoms with Crippen molar-refractivity contribution in [1.82, 2.24) is 0 Å². The van der Waals surface area contributed by atoms with Crippen LogP contribution in [-0.2, 0) is 24.3 Å². The first kappa shape index (κ1) is 7.77. The Hall–Kier alpha value is -0.860. The van der Waals surface area contributed by atoms with Crippen LogP contribution < -0.4 is 5.90 Å². The molecular weight excluding hydrogens is 150 g/mol. The van der Waals surface area contributed by atoms with Gasteiger partial charge in [-0.25, -0.2) is 5.90 Å². The zero-order valence-corrected chi connectivity index (χ0v) is 7.05. The molecule has 0 fully saturated rings. The summed E-state index contributed by atoms with van der Waals surface area (Å²) in [5.74, 6) is 5.01. The lowest BCUT2D eigenvalue weighted by atomic mass is 10.1. The quantitative estimate of drug-likeness (QED) is 0.671. The topological polar surface area (TPSA) is 35.2 Å². The summed E-state index contributed by atoms with van der Waals surface area (Å²) in [4.78, 5) is 4.59. The second-order valence-corrected chi connectivity index (χ2v) is 3.27. The molecule has 0 saturated heterocycles. The summed E-state index contributed by atoms with van der Waals surface area (Å²) < 4.78 is 0. The zero-order chi connectivity index (χ0) is 8.39. The number of nitrogens with two attached hydrogens (primary N) is 1. The molecule has 0 atom stereocenters. The molecule has 0 aromatic heterocycles. The molecule has 2 heteroatoms. The van der Waals surface area contributed by atoms with Crippen LogP contribution in [0.25, 0.3) is 0 Å². The molecule has 2 N–H and O–H groups in total. The molecule has 1 aromatic carbocycles. The van der Waals surface area contributed by atoms with Gasteiger partial charge in [0.15, 0.2) is 0 Å². The van der Waals surface area contributed by atoms with Crippen LogP contribution in [0.5, 0.6) is 0 Å². The van der Waals surface area contributed by atoms with E-state index >= 15 is 0 Å². The van der Waals surface area contributed by atoms with Gasteiger partial charge in [0, 0.05) is 0 Å². The number of hydrogen-bond acceptors (Lipinski definition) is 2.